The summed E-state index contributed by atoms with van der Waals surface area (Å²) in [4.78, 5) is 36.8. The van der Waals surface area contributed by atoms with Gasteiger partial charge in [0.05, 0.1) is 31.1 Å². The maximum atomic E-state index is 13.0. The van der Waals surface area contributed by atoms with E-state index < -0.39 is 34.1 Å². The van der Waals surface area contributed by atoms with Crippen LogP contribution in [0.2, 0.25) is 10.0 Å². The van der Waals surface area contributed by atoms with Crippen molar-refractivity contribution in [1.82, 2.24) is 0 Å². The van der Waals surface area contributed by atoms with E-state index in [1.54, 1.807) is 18.2 Å². The van der Waals surface area contributed by atoms with Crippen LogP contribution >= 0.6 is 23.2 Å². The summed E-state index contributed by atoms with van der Waals surface area (Å²) in [5, 5.41) is 2.85. The molecule has 0 saturated heterocycles. The molecule has 7 nitrogen and oxygen atoms in total. The number of hydrogen-bond donors (Lipinski definition) is 1. The quantitative estimate of drug-likeness (QED) is 0.431. The summed E-state index contributed by atoms with van der Waals surface area (Å²) in [6.45, 7) is -0.646. The van der Waals surface area contributed by atoms with Gasteiger partial charge in [-0.05, 0) is 42.5 Å². The summed E-state index contributed by atoms with van der Waals surface area (Å²) >= 11 is 11.9. The highest BCUT2D eigenvalue weighted by atomic mass is 35.5. The summed E-state index contributed by atoms with van der Waals surface area (Å²) < 4.78 is 30.9. The monoisotopic (exact) mass is 489 g/mol. The number of esters is 1. The van der Waals surface area contributed by atoms with Crippen molar-refractivity contribution < 1.29 is 27.5 Å². The van der Waals surface area contributed by atoms with Crippen LogP contribution in [0.25, 0.3) is 0 Å². The molecule has 0 bridgehead atoms. The molecule has 0 atom stereocenters. The molecule has 0 aliphatic carbocycles. The molecule has 1 aliphatic heterocycles. The van der Waals surface area contributed by atoms with E-state index >= 15 is 0 Å². The molecule has 1 heterocycles. The molecule has 0 saturated carbocycles. The maximum absolute atomic E-state index is 13.0. The van der Waals surface area contributed by atoms with Gasteiger partial charge in [0.1, 0.15) is 0 Å². The minimum Gasteiger partial charge on any atom is -0.452 e. The van der Waals surface area contributed by atoms with Crippen molar-refractivity contribution in [2.75, 3.05) is 11.9 Å². The Labute approximate surface area is 192 Å². The number of carbonyl (C=O) groups is 3. The van der Waals surface area contributed by atoms with Gasteiger partial charge in [-0.2, -0.15) is 0 Å². The molecular weight excluding hydrogens is 477 g/mol. The van der Waals surface area contributed by atoms with Crippen LogP contribution in [0.4, 0.5) is 5.69 Å². The Hall–Kier alpha value is -3.20. The molecule has 10 heteroatoms. The number of anilines is 1. The number of hydrogen-bond acceptors (Lipinski definition) is 6. The van der Waals surface area contributed by atoms with E-state index in [2.05, 4.69) is 5.32 Å². The van der Waals surface area contributed by atoms with Gasteiger partial charge in [-0.15, -0.1) is 0 Å². The molecule has 0 fully saturated rings. The minimum absolute atomic E-state index is 0.0337. The summed E-state index contributed by atoms with van der Waals surface area (Å²) in [6.07, 6.45) is 0. The van der Waals surface area contributed by atoms with E-state index in [9.17, 15) is 22.8 Å². The predicted molar refractivity (Wildman–Crippen MR) is 117 cm³/mol. The second-order valence-electron chi connectivity index (χ2n) is 6.77. The van der Waals surface area contributed by atoms with Crippen LogP contribution in [0.5, 0.6) is 0 Å². The third-order valence-electron chi connectivity index (χ3n) is 4.73. The Bertz CT molecular complexity index is 1400. The Kier molecular flexibility index (Phi) is 5.77. The van der Waals surface area contributed by atoms with Gasteiger partial charge < -0.3 is 10.1 Å². The molecule has 1 N–H and O–H groups in total. The van der Waals surface area contributed by atoms with Crippen molar-refractivity contribution in [3.63, 3.8) is 0 Å². The van der Waals surface area contributed by atoms with Crippen LogP contribution in [0.15, 0.2) is 70.5 Å². The predicted octanol–water partition coefficient (Wildman–Crippen LogP) is 4.17. The molecule has 0 spiro atoms. The standard InChI is InChI=1S/C22H13Cl2NO6S/c23-15-5-3-6-16(20(15)24)25-19(26)11-31-22(28)12-8-9-14-18(10-12)32(29,30)17-7-2-1-4-13(17)21(14)27/h1-10H,11H2,(H,25,26). The van der Waals surface area contributed by atoms with Gasteiger partial charge in [-0.1, -0.05) is 41.4 Å². The number of benzene rings is 3. The van der Waals surface area contributed by atoms with Crippen LogP contribution in [-0.2, 0) is 19.4 Å². The molecule has 1 aliphatic rings. The van der Waals surface area contributed by atoms with E-state index in [0.29, 0.717) is 0 Å². The molecule has 0 radical (unpaired) electrons. The zero-order valence-electron chi connectivity index (χ0n) is 16.1. The molecule has 162 valence electrons. The molecule has 1 amide bonds. The lowest BCUT2D eigenvalue weighted by Gasteiger charge is -2.19. The van der Waals surface area contributed by atoms with E-state index in [0.717, 1.165) is 6.07 Å². The number of sulfone groups is 1. The second kappa shape index (κ2) is 8.38. The summed E-state index contributed by atoms with van der Waals surface area (Å²) in [7, 11) is -4.01. The van der Waals surface area contributed by atoms with Crippen LogP contribution in [0, 0.1) is 0 Å². The van der Waals surface area contributed by atoms with Crippen molar-refractivity contribution in [3.05, 3.63) is 87.4 Å². The highest BCUT2D eigenvalue weighted by Gasteiger charge is 2.35. The van der Waals surface area contributed by atoms with E-state index in [1.807, 2.05) is 0 Å². The fourth-order valence-corrected chi connectivity index (χ4v) is 5.24. The fraction of sp³-hybridized carbons (Fsp3) is 0.0455. The van der Waals surface area contributed by atoms with Gasteiger partial charge in [-0.3, -0.25) is 9.59 Å². The van der Waals surface area contributed by atoms with Crippen LogP contribution in [0.3, 0.4) is 0 Å². The second-order valence-corrected chi connectivity index (χ2v) is 9.44. The van der Waals surface area contributed by atoms with Crippen molar-refractivity contribution in [1.29, 1.82) is 0 Å². The smallest absolute Gasteiger partial charge is 0.338 e. The minimum atomic E-state index is -4.01. The molecule has 4 rings (SSSR count). The number of ether oxygens (including phenoxy) is 1. The molecule has 0 unspecified atom stereocenters. The first-order valence-electron chi connectivity index (χ1n) is 9.14. The number of amides is 1. The number of fused-ring (bicyclic) bond motifs is 2. The first-order valence-corrected chi connectivity index (χ1v) is 11.4. The first-order chi connectivity index (χ1) is 15.2. The van der Waals surface area contributed by atoms with Gasteiger partial charge >= 0.3 is 5.97 Å². The highest BCUT2D eigenvalue weighted by Crippen LogP contribution is 2.35. The topological polar surface area (TPSA) is 107 Å². The van der Waals surface area contributed by atoms with Crippen LogP contribution in [0.1, 0.15) is 26.3 Å². The largest absolute Gasteiger partial charge is 0.452 e. The van der Waals surface area contributed by atoms with Crippen molar-refractivity contribution in [2.24, 2.45) is 0 Å². The molecule has 3 aromatic rings. The van der Waals surface area contributed by atoms with Gasteiger partial charge in [0.15, 0.2) is 12.4 Å². The van der Waals surface area contributed by atoms with Crippen molar-refractivity contribution >= 4 is 56.4 Å². The van der Waals surface area contributed by atoms with Crippen molar-refractivity contribution in [3.8, 4) is 0 Å². The number of carbonyl (C=O) groups excluding carboxylic acids is 3. The molecular formula is C22H13Cl2NO6S. The lowest BCUT2D eigenvalue weighted by Crippen LogP contribution is -2.23. The molecule has 32 heavy (non-hydrogen) atoms. The summed E-state index contributed by atoms with van der Waals surface area (Å²) in [5.74, 6) is -2.05. The molecule has 3 aromatic carbocycles. The van der Waals surface area contributed by atoms with E-state index in [1.165, 1.54) is 36.4 Å². The Morgan fingerprint density at radius 1 is 0.906 bits per heavy atom. The third kappa shape index (κ3) is 3.88. The number of ketones is 1. The van der Waals surface area contributed by atoms with Crippen LogP contribution < -0.4 is 5.32 Å². The highest BCUT2D eigenvalue weighted by molar-refractivity contribution is 7.91. The SMILES string of the molecule is O=C(COC(=O)c1ccc2c(c1)S(=O)(=O)c1ccccc1C2=O)Nc1cccc(Cl)c1Cl. The zero-order chi connectivity index (χ0) is 23.0. The lowest BCUT2D eigenvalue weighted by molar-refractivity contribution is -0.119. The van der Waals surface area contributed by atoms with E-state index in [-0.39, 0.29) is 42.2 Å². The average molecular weight is 490 g/mol. The number of rotatable bonds is 4. The number of nitrogens with one attached hydrogen (secondary N) is 1. The normalized spacial score (nSPS) is 13.6. The Morgan fingerprint density at radius 2 is 1.62 bits per heavy atom. The average Bonchev–Trinajstić information content (AvgIpc) is 2.79. The Balaban J connectivity index is 1.52. The summed E-state index contributed by atoms with van der Waals surface area (Å²) in [5.41, 5.74) is 0.172. The van der Waals surface area contributed by atoms with Gasteiger partial charge in [0, 0.05) is 11.1 Å². The fourth-order valence-electron chi connectivity index (χ4n) is 3.21. The number of halogens is 2. The van der Waals surface area contributed by atoms with Gasteiger partial charge in [-0.25, -0.2) is 13.2 Å². The van der Waals surface area contributed by atoms with Crippen LogP contribution in [-0.4, -0.2) is 32.7 Å². The maximum Gasteiger partial charge on any atom is 0.338 e. The third-order valence-corrected chi connectivity index (χ3v) is 7.40. The van der Waals surface area contributed by atoms with E-state index in [4.69, 9.17) is 27.9 Å². The first kappa shape index (κ1) is 22.0. The zero-order valence-corrected chi connectivity index (χ0v) is 18.4. The van der Waals surface area contributed by atoms with Gasteiger partial charge in [0.25, 0.3) is 5.91 Å². The van der Waals surface area contributed by atoms with Gasteiger partial charge in [0.2, 0.25) is 9.84 Å². The Morgan fingerprint density at radius 3 is 2.41 bits per heavy atom. The van der Waals surface area contributed by atoms with Crippen molar-refractivity contribution in [2.45, 2.75) is 9.79 Å². The lowest BCUT2D eigenvalue weighted by atomic mass is 10.0. The summed E-state index contributed by atoms with van der Waals surface area (Å²) in [6, 6.07) is 14.1. The molecule has 0 aromatic heterocycles.